The third-order valence-electron chi connectivity index (χ3n) is 4.42. The Balaban J connectivity index is 1.39. The molecule has 28 heavy (non-hydrogen) atoms. The maximum atomic E-state index is 13.1. The number of rotatable bonds is 8. The number of benzene rings is 2. The van der Waals surface area contributed by atoms with Crippen molar-refractivity contribution in [2.45, 2.75) is 6.42 Å². The number of aromatic nitrogens is 1. The zero-order chi connectivity index (χ0) is 19.9. The van der Waals surface area contributed by atoms with E-state index >= 15 is 0 Å². The fraction of sp³-hybridized carbons (Fsp3) is 0.238. The summed E-state index contributed by atoms with van der Waals surface area (Å²) in [6.45, 7) is 0.834. The molecule has 0 bridgehead atoms. The summed E-state index contributed by atoms with van der Waals surface area (Å²) < 4.78 is 13.1. The Hall–Kier alpha value is -3.19. The lowest BCUT2D eigenvalue weighted by Gasteiger charge is -2.13. The first-order chi connectivity index (χ1) is 13.5. The highest BCUT2D eigenvalue weighted by molar-refractivity contribution is 5.91. The second-order valence-electron chi connectivity index (χ2n) is 6.83. The van der Waals surface area contributed by atoms with Gasteiger partial charge in [-0.1, -0.05) is 24.3 Å². The van der Waals surface area contributed by atoms with E-state index in [9.17, 15) is 14.0 Å². The number of halogens is 1. The lowest BCUT2D eigenvalue weighted by molar-refractivity contribution is -0.862. The number of aromatic amines is 1. The summed E-state index contributed by atoms with van der Waals surface area (Å²) in [6.07, 6.45) is 2.69. The first-order valence-corrected chi connectivity index (χ1v) is 9.19. The van der Waals surface area contributed by atoms with Crippen LogP contribution in [0.25, 0.3) is 10.9 Å². The molecule has 0 aliphatic carbocycles. The Labute approximate surface area is 162 Å². The van der Waals surface area contributed by atoms with E-state index in [1.165, 1.54) is 18.2 Å². The number of H-pyrrole nitrogens is 1. The molecule has 7 heteroatoms. The average molecular weight is 383 g/mol. The Kier molecular flexibility index (Phi) is 6.39. The second kappa shape index (κ2) is 9.14. The van der Waals surface area contributed by atoms with Gasteiger partial charge in [0.1, 0.15) is 5.82 Å². The molecule has 0 fully saturated rings. The van der Waals surface area contributed by atoms with Gasteiger partial charge in [-0.15, -0.1) is 0 Å². The van der Waals surface area contributed by atoms with Crippen LogP contribution in [0.15, 0.2) is 54.7 Å². The molecular formula is C21H24FN4O2+. The van der Waals surface area contributed by atoms with E-state index in [2.05, 4.69) is 21.7 Å². The maximum absolute atomic E-state index is 13.1. The van der Waals surface area contributed by atoms with Crippen LogP contribution in [0.5, 0.6) is 0 Å². The molecule has 4 N–H and O–H groups in total. The van der Waals surface area contributed by atoms with Crippen molar-refractivity contribution in [1.29, 1.82) is 0 Å². The zero-order valence-electron chi connectivity index (χ0n) is 15.7. The van der Waals surface area contributed by atoms with Gasteiger partial charge in [0.15, 0.2) is 13.1 Å². The molecule has 2 amide bonds. The third-order valence-corrected chi connectivity index (χ3v) is 4.42. The number of para-hydroxylation sites is 1. The number of amides is 2. The van der Waals surface area contributed by atoms with E-state index < -0.39 is 5.82 Å². The van der Waals surface area contributed by atoms with E-state index in [0.717, 1.165) is 27.8 Å². The van der Waals surface area contributed by atoms with Crippen molar-refractivity contribution in [2.24, 2.45) is 0 Å². The summed E-state index contributed by atoms with van der Waals surface area (Å²) >= 11 is 0. The topological polar surface area (TPSA) is 78.4 Å². The van der Waals surface area contributed by atoms with Crippen molar-refractivity contribution < 1.29 is 18.9 Å². The summed E-state index contributed by atoms with van der Waals surface area (Å²) in [7, 11) is 1.77. The fourth-order valence-electron chi connectivity index (χ4n) is 3.12. The molecule has 0 radical (unpaired) electrons. The zero-order valence-corrected chi connectivity index (χ0v) is 15.7. The van der Waals surface area contributed by atoms with Crippen LogP contribution in [-0.4, -0.2) is 43.5 Å². The SMILES string of the molecule is C[NH+](CC(=O)NCCc1c[nH]c2ccccc12)CC(=O)Nc1cccc(F)c1. The van der Waals surface area contributed by atoms with E-state index in [1.54, 1.807) is 13.1 Å². The van der Waals surface area contributed by atoms with Gasteiger partial charge in [0, 0.05) is 29.3 Å². The first kappa shape index (κ1) is 19.6. The highest BCUT2D eigenvalue weighted by Gasteiger charge is 2.14. The molecule has 2 aromatic carbocycles. The van der Waals surface area contributed by atoms with Crippen LogP contribution in [-0.2, 0) is 16.0 Å². The number of quaternary nitrogens is 1. The Morgan fingerprint density at radius 3 is 2.68 bits per heavy atom. The quantitative estimate of drug-likeness (QED) is 0.470. The first-order valence-electron chi connectivity index (χ1n) is 9.19. The molecule has 6 nitrogen and oxygen atoms in total. The van der Waals surface area contributed by atoms with Gasteiger partial charge in [0.2, 0.25) is 0 Å². The number of hydrogen-bond acceptors (Lipinski definition) is 2. The molecule has 3 aromatic rings. The number of anilines is 1. The van der Waals surface area contributed by atoms with E-state index in [4.69, 9.17) is 0 Å². The molecule has 1 unspecified atom stereocenters. The average Bonchev–Trinajstić information content (AvgIpc) is 3.04. The van der Waals surface area contributed by atoms with E-state index in [-0.39, 0.29) is 24.9 Å². The standard InChI is InChI=1S/C21H23FN4O2/c1-26(14-21(28)25-17-6-4-5-16(22)11-17)13-20(27)23-10-9-15-12-24-19-8-3-2-7-18(15)19/h2-8,11-12,24H,9-10,13-14H2,1H3,(H,23,27)(H,25,28)/p+1. The van der Waals surface area contributed by atoms with Gasteiger partial charge >= 0.3 is 0 Å². The monoisotopic (exact) mass is 383 g/mol. The molecule has 1 aromatic heterocycles. The molecule has 0 saturated heterocycles. The number of likely N-dealkylation sites (N-methyl/N-ethyl adjacent to an activating group) is 1. The Morgan fingerprint density at radius 2 is 1.86 bits per heavy atom. The van der Waals surface area contributed by atoms with Gasteiger partial charge < -0.3 is 20.5 Å². The van der Waals surface area contributed by atoms with Crippen molar-refractivity contribution in [3.63, 3.8) is 0 Å². The van der Waals surface area contributed by atoms with Crippen molar-refractivity contribution >= 4 is 28.4 Å². The van der Waals surface area contributed by atoms with Crippen LogP contribution < -0.4 is 15.5 Å². The summed E-state index contributed by atoms with van der Waals surface area (Å²) in [5.41, 5.74) is 2.64. The Bertz CT molecular complexity index is 970. The number of carbonyl (C=O) groups is 2. The van der Waals surface area contributed by atoms with Gasteiger partial charge in [-0.05, 0) is 36.2 Å². The van der Waals surface area contributed by atoms with Crippen molar-refractivity contribution in [3.05, 3.63) is 66.1 Å². The van der Waals surface area contributed by atoms with Crippen molar-refractivity contribution in [1.82, 2.24) is 10.3 Å². The number of nitrogens with one attached hydrogen (secondary N) is 4. The smallest absolute Gasteiger partial charge is 0.279 e. The van der Waals surface area contributed by atoms with Gasteiger partial charge in [-0.2, -0.15) is 0 Å². The highest BCUT2D eigenvalue weighted by atomic mass is 19.1. The lowest BCUT2D eigenvalue weighted by atomic mass is 10.1. The normalized spacial score (nSPS) is 11.9. The van der Waals surface area contributed by atoms with Crippen LogP contribution >= 0.6 is 0 Å². The number of fused-ring (bicyclic) bond motifs is 1. The van der Waals surface area contributed by atoms with Crippen LogP contribution in [0.4, 0.5) is 10.1 Å². The largest absolute Gasteiger partial charge is 0.361 e. The van der Waals surface area contributed by atoms with Crippen molar-refractivity contribution in [3.8, 4) is 0 Å². The predicted molar refractivity (Wildman–Crippen MR) is 107 cm³/mol. The second-order valence-corrected chi connectivity index (χ2v) is 6.83. The number of hydrogen-bond donors (Lipinski definition) is 4. The van der Waals surface area contributed by atoms with Gasteiger partial charge in [-0.3, -0.25) is 9.59 Å². The summed E-state index contributed by atoms with van der Waals surface area (Å²) in [4.78, 5) is 28.1. The molecule has 0 spiro atoms. The third kappa shape index (κ3) is 5.40. The van der Waals surface area contributed by atoms with Crippen LogP contribution in [0.3, 0.4) is 0 Å². The van der Waals surface area contributed by atoms with Crippen LogP contribution in [0.1, 0.15) is 5.56 Å². The molecule has 0 saturated carbocycles. The molecule has 0 aliphatic heterocycles. The van der Waals surface area contributed by atoms with Gasteiger partial charge in [0.25, 0.3) is 11.8 Å². The van der Waals surface area contributed by atoms with Crippen molar-refractivity contribution in [2.75, 3.05) is 32.0 Å². The highest BCUT2D eigenvalue weighted by Crippen LogP contribution is 2.17. The molecule has 1 atom stereocenters. The molecule has 146 valence electrons. The summed E-state index contributed by atoms with van der Waals surface area (Å²) in [6, 6.07) is 13.8. The minimum Gasteiger partial charge on any atom is -0.361 e. The van der Waals surface area contributed by atoms with Gasteiger partial charge in [-0.25, -0.2) is 4.39 Å². The van der Waals surface area contributed by atoms with Crippen LogP contribution in [0, 0.1) is 5.82 Å². The molecular weight excluding hydrogens is 359 g/mol. The van der Waals surface area contributed by atoms with Gasteiger partial charge in [0.05, 0.1) is 7.05 Å². The lowest BCUT2D eigenvalue weighted by Crippen LogP contribution is -3.11. The minimum atomic E-state index is -0.409. The van der Waals surface area contributed by atoms with E-state index in [1.807, 2.05) is 24.4 Å². The minimum absolute atomic E-state index is 0.115. The Morgan fingerprint density at radius 1 is 1.07 bits per heavy atom. The molecule has 0 aliphatic rings. The molecule has 3 rings (SSSR count). The summed E-state index contributed by atoms with van der Waals surface area (Å²) in [5, 5.41) is 6.68. The van der Waals surface area contributed by atoms with Crippen LogP contribution in [0.2, 0.25) is 0 Å². The predicted octanol–water partition coefficient (Wildman–Crippen LogP) is 1.12. The summed E-state index contributed by atoms with van der Waals surface area (Å²) in [5.74, 6) is -0.793. The number of carbonyl (C=O) groups excluding carboxylic acids is 2. The molecule has 1 heterocycles. The van der Waals surface area contributed by atoms with E-state index in [0.29, 0.717) is 12.2 Å². The fourth-order valence-corrected chi connectivity index (χ4v) is 3.12. The maximum Gasteiger partial charge on any atom is 0.279 e.